The number of nitrogens with zero attached hydrogens (tertiary/aromatic N) is 1. The summed E-state index contributed by atoms with van der Waals surface area (Å²) < 4.78 is 12.1. The number of hydrogen-bond donors (Lipinski definition) is 1. The molecule has 0 aliphatic heterocycles. The third kappa shape index (κ3) is 3.55. The minimum absolute atomic E-state index is 0.189. The predicted molar refractivity (Wildman–Crippen MR) is 85.1 cm³/mol. The minimum atomic E-state index is -0.268. The van der Waals surface area contributed by atoms with E-state index in [1.165, 1.54) is 0 Å². The quantitative estimate of drug-likeness (QED) is 0.850. The molecule has 1 heterocycles. The molecule has 1 N–H and O–H groups in total. The first-order chi connectivity index (χ1) is 10.7. The van der Waals surface area contributed by atoms with Crippen molar-refractivity contribution in [3.8, 4) is 17.0 Å². The highest BCUT2D eigenvalue weighted by atomic mass is 16.5. The van der Waals surface area contributed by atoms with E-state index in [0.29, 0.717) is 25.3 Å². The Morgan fingerprint density at radius 1 is 1.14 bits per heavy atom. The van der Waals surface area contributed by atoms with Crippen LogP contribution in [0.15, 0.2) is 41.2 Å². The average Bonchev–Trinajstić information content (AvgIpc) is 2.54. The molecule has 1 aromatic heterocycles. The normalized spacial score (nSPS) is 10.7. The maximum Gasteiger partial charge on any atom is 0.256 e. The molecule has 5 heteroatoms. The van der Waals surface area contributed by atoms with Gasteiger partial charge in [-0.1, -0.05) is 0 Å². The van der Waals surface area contributed by atoms with E-state index in [-0.39, 0.29) is 12.2 Å². The number of ether oxygens (including phenoxy) is 2. The number of rotatable bonds is 7. The Morgan fingerprint density at radius 2 is 1.86 bits per heavy atom. The fourth-order valence-electron chi connectivity index (χ4n) is 2.29. The van der Waals surface area contributed by atoms with Crippen molar-refractivity contribution in [2.75, 3.05) is 20.3 Å². The summed E-state index contributed by atoms with van der Waals surface area (Å²) in [5.74, 6) is 0.795. The molecule has 0 bridgehead atoms. The van der Waals surface area contributed by atoms with Crippen molar-refractivity contribution in [3.05, 3.63) is 52.3 Å². The van der Waals surface area contributed by atoms with Gasteiger partial charge in [-0.15, -0.1) is 0 Å². The second-order valence-corrected chi connectivity index (χ2v) is 4.81. The standard InChI is InChI=1S/C17H21NO4/c1-3-22-15-7-4-13(5-8-15)16-9-6-14(12-19)17(20)18(16)10-11-21-2/h4-9,19H,3,10-12H2,1-2H3. The van der Waals surface area contributed by atoms with Crippen LogP contribution < -0.4 is 10.3 Å². The summed E-state index contributed by atoms with van der Waals surface area (Å²) in [5, 5.41) is 9.26. The third-order valence-corrected chi connectivity index (χ3v) is 3.40. The number of benzene rings is 1. The number of methoxy groups -OCH3 is 1. The monoisotopic (exact) mass is 303 g/mol. The zero-order valence-electron chi connectivity index (χ0n) is 12.9. The summed E-state index contributed by atoms with van der Waals surface area (Å²) in [6.45, 7) is 3.15. The zero-order valence-corrected chi connectivity index (χ0v) is 12.9. The van der Waals surface area contributed by atoms with Crippen LogP contribution >= 0.6 is 0 Å². The first-order valence-corrected chi connectivity index (χ1v) is 7.27. The largest absolute Gasteiger partial charge is 0.494 e. The molecule has 2 aromatic rings. The molecule has 22 heavy (non-hydrogen) atoms. The molecule has 118 valence electrons. The van der Waals surface area contributed by atoms with Gasteiger partial charge in [0.05, 0.1) is 25.5 Å². The van der Waals surface area contributed by atoms with Crippen LogP contribution in [0.5, 0.6) is 5.75 Å². The van der Waals surface area contributed by atoms with Gasteiger partial charge in [0.2, 0.25) is 0 Å². The Bertz CT molecular complexity index is 661. The van der Waals surface area contributed by atoms with E-state index in [0.717, 1.165) is 17.0 Å². The van der Waals surface area contributed by atoms with Gasteiger partial charge in [-0.2, -0.15) is 0 Å². The molecule has 2 rings (SSSR count). The van der Waals surface area contributed by atoms with Crippen LogP contribution in [0.2, 0.25) is 0 Å². The maximum absolute atomic E-state index is 12.4. The van der Waals surface area contributed by atoms with Gasteiger partial charge in [-0.25, -0.2) is 0 Å². The van der Waals surface area contributed by atoms with Crippen molar-refractivity contribution in [1.29, 1.82) is 0 Å². The summed E-state index contributed by atoms with van der Waals surface area (Å²) in [4.78, 5) is 12.4. The highest BCUT2D eigenvalue weighted by Crippen LogP contribution is 2.22. The third-order valence-electron chi connectivity index (χ3n) is 3.40. The number of aromatic nitrogens is 1. The first-order valence-electron chi connectivity index (χ1n) is 7.27. The van der Waals surface area contributed by atoms with E-state index in [9.17, 15) is 9.90 Å². The van der Waals surface area contributed by atoms with Gasteiger partial charge in [0, 0.05) is 19.2 Å². The highest BCUT2D eigenvalue weighted by Gasteiger charge is 2.10. The predicted octanol–water partition coefficient (Wildman–Crippen LogP) is 2.05. The molecule has 0 aliphatic carbocycles. The molecule has 0 spiro atoms. The highest BCUT2D eigenvalue weighted by molar-refractivity contribution is 5.61. The van der Waals surface area contributed by atoms with Crippen molar-refractivity contribution >= 4 is 0 Å². The van der Waals surface area contributed by atoms with Crippen molar-refractivity contribution in [1.82, 2.24) is 4.57 Å². The molecule has 0 unspecified atom stereocenters. The lowest BCUT2D eigenvalue weighted by Gasteiger charge is -2.14. The van der Waals surface area contributed by atoms with Crippen molar-refractivity contribution in [2.24, 2.45) is 0 Å². The summed E-state index contributed by atoms with van der Waals surface area (Å²) >= 11 is 0. The smallest absolute Gasteiger partial charge is 0.256 e. The van der Waals surface area contributed by atoms with E-state index >= 15 is 0 Å². The summed E-state index contributed by atoms with van der Waals surface area (Å²) in [7, 11) is 1.59. The Balaban J connectivity index is 2.44. The molecular formula is C17H21NO4. The van der Waals surface area contributed by atoms with Crippen molar-refractivity contribution in [3.63, 3.8) is 0 Å². The van der Waals surface area contributed by atoms with E-state index in [2.05, 4.69) is 0 Å². The van der Waals surface area contributed by atoms with Gasteiger partial charge >= 0.3 is 0 Å². The molecule has 0 fully saturated rings. The van der Waals surface area contributed by atoms with Gasteiger partial charge in [-0.3, -0.25) is 4.79 Å². The Kier molecular flexibility index (Phi) is 5.75. The van der Waals surface area contributed by atoms with Crippen LogP contribution in [0.4, 0.5) is 0 Å². The van der Waals surface area contributed by atoms with Crippen LogP contribution in [0.25, 0.3) is 11.3 Å². The summed E-state index contributed by atoms with van der Waals surface area (Å²) in [5.41, 5.74) is 1.90. The minimum Gasteiger partial charge on any atom is -0.494 e. The molecule has 0 radical (unpaired) electrons. The fourth-order valence-corrected chi connectivity index (χ4v) is 2.29. The topological polar surface area (TPSA) is 60.7 Å². The average molecular weight is 303 g/mol. The van der Waals surface area contributed by atoms with Crippen LogP contribution in [0, 0.1) is 0 Å². The van der Waals surface area contributed by atoms with Crippen LogP contribution in [0.1, 0.15) is 12.5 Å². The fraction of sp³-hybridized carbons (Fsp3) is 0.353. The van der Waals surface area contributed by atoms with Crippen LogP contribution in [-0.4, -0.2) is 30.0 Å². The van der Waals surface area contributed by atoms with E-state index in [4.69, 9.17) is 9.47 Å². The second-order valence-electron chi connectivity index (χ2n) is 4.81. The van der Waals surface area contributed by atoms with Crippen molar-refractivity contribution < 1.29 is 14.6 Å². The molecule has 0 atom stereocenters. The Morgan fingerprint density at radius 3 is 2.45 bits per heavy atom. The van der Waals surface area contributed by atoms with Crippen molar-refractivity contribution in [2.45, 2.75) is 20.1 Å². The van der Waals surface area contributed by atoms with Gasteiger partial charge in [0.15, 0.2) is 0 Å². The molecule has 0 saturated heterocycles. The van der Waals surface area contributed by atoms with E-state index < -0.39 is 0 Å². The summed E-state index contributed by atoms with van der Waals surface area (Å²) in [6.07, 6.45) is 0. The van der Waals surface area contributed by atoms with Gasteiger partial charge in [0.1, 0.15) is 5.75 Å². The molecule has 1 aromatic carbocycles. The lowest BCUT2D eigenvalue weighted by molar-refractivity contribution is 0.186. The molecular weight excluding hydrogens is 282 g/mol. The van der Waals surface area contributed by atoms with Crippen LogP contribution in [-0.2, 0) is 17.9 Å². The first kappa shape index (κ1) is 16.3. The van der Waals surface area contributed by atoms with Gasteiger partial charge in [0.25, 0.3) is 5.56 Å². The van der Waals surface area contributed by atoms with E-state index in [1.807, 2.05) is 37.3 Å². The Hall–Kier alpha value is -2.11. The van der Waals surface area contributed by atoms with Gasteiger partial charge < -0.3 is 19.1 Å². The second kappa shape index (κ2) is 7.77. The number of aliphatic hydroxyl groups excluding tert-OH is 1. The van der Waals surface area contributed by atoms with Crippen LogP contribution in [0.3, 0.4) is 0 Å². The number of aliphatic hydroxyl groups is 1. The molecule has 0 saturated carbocycles. The summed E-state index contributed by atoms with van der Waals surface area (Å²) in [6, 6.07) is 11.1. The number of hydrogen-bond acceptors (Lipinski definition) is 4. The Labute approximate surface area is 129 Å². The molecule has 0 amide bonds. The molecule has 0 aliphatic rings. The zero-order chi connectivity index (χ0) is 15.9. The maximum atomic E-state index is 12.4. The lowest BCUT2D eigenvalue weighted by Crippen LogP contribution is -2.26. The van der Waals surface area contributed by atoms with Gasteiger partial charge in [-0.05, 0) is 48.9 Å². The number of pyridine rings is 1. The lowest BCUT2D eigenvalue weighted by atomic mass is 10.1. The SMILES string of the molecule is CCOc1ccc(-c2ccc(CO)c(=O)n2CCOC)cc1. The van der Waals surface area contributed by atoms with E-state index in [1.54, 1.807) is 17.7 Å². The molecule has 5 nitrogen and oxygen atoms in total.